The van der Waals surface area contributed by atoms with Crippen LogP contribution < -0.4 is 4.74 Å². The lowest BCUT2D eigenvalue weighted by Gasteiger charge is -2.26. The van der Waals surface area contributed by atoms with Gasteiger partial charge in [0.05, 0.1) is 7.11 Å². The monoisotopic (exact) mass is 357 g/mol. The molecule has 0 saturated heterocycles. The van der Waals surface area contributed by atoms with Crippen LogP contribution in [0.25, 0.3) is 0 Å². The number of hydrogen-bond acceptors (Lipinski definition) is 4. The Kier molecular flexibility index (Phi) is 7.84. The summed E-state index contributed by atoms with van der Waals surface area (Å²) >= 11 is 6.10. The second-order valence-corrected chi connectivity index (χ2v) is 7.22. The smallest absolute Gasteiger partial charge is 0.410 e. The fourth-order valence-corrected chi connectivity index (χ4v) is 2.60. The predicted molar refractivity (Wildman–Crippen MR) is 95.9 cm³/mol. The molecule has 136 valence electrons. The van der Waals surface area contributed by atoms with Crippen molar-refractivity contribution in [3.05, 3.63) is 28.8 Å². The van der Waals surface area contributed by atoms with Crippen molar-refractivity contribution < 1.29 is 19.4 Å². The van der Waals surface area contributed by atoms with E-state index in [0.717, 1.165) is 11.3 Å². The van der Waals surface area contributed by atoms with Gasteiger partial charge in [0.1, 0.15) is 11.4 Å². The molecule has 6 heteroatoms. The summed E-state index contributed by atoms with van der Waals surface area (Å²) in [6.07, 6.45) is 0.884. The Labute approximate surface area is 149 Å². The van der Waals surface area contributed by atoms with Crippen LogP contribution in [0, 0.1) is 0 Å². The first-order valence-electron chi connectivity index (χ1n) is 8.06. The summed E-state index contributed by atoms with van der Waals surface area (Å²) in [4.78, 5) is 13.6. The molecule has 0 radical (unpaired) electrons. The number of hydrogen-bond donors (Lipinski definition) is 1. The normalized spacial score (nSPS) is 12.6. The van der Waals surface area contributed by atoms with Crippen molar-refractivity contribution in [3.8, 4) is 5.75 Å². The summed E-state index contributed by atoms with van der Waals surface area (Å²) in [5, 5.41) is 10.00. The molecule has 1 amide bonds. The molecule has 1 atom stereocenters. The van der Waals surface area contributed by atoms with Gasteiger partial charge in [0.25, 0.3) is 0 Å². The van der Waals surface area contributed by atoms with Gasteiger partial charge in [0, 0.05) is 25.2 Å². The van der Waals surface area contributed by atoms with Crippen molar-refractivity contribution >= 4 is 17.7 Å². The van der Waals surface area contributed by atoms with Crippen LogP contribution in [0.3, 0.4) is 0 Å². The fraction of sp³-hybridized carbons (Fsp3) is 0.611. The molecule has 0 fully saturated rings. The first-order valence-corrected chi connectivity index (χ1v) is 8.44. The van der Waals surface area contributed by atoms with Crippen LogP contribution in [0.5, 0.6) is 5.75 Å². The molecule has 0 unspecified atom stereocenters. The standard InChI is InChI=1S/C18H28ClNO4/c1-18(2,3)24-17(22)20(4)10-8-13(9-11-21)15-12-14(19)6-7-16(15)23-5/h6-7,12-13,21H,8-11H2,1-5H3/t13-/m0/s1. The molecule has 0 aliphatic heterocycles. The first kappa shape index (κ1) is 20.6. The van der Waals surface area contributed by atoms with E-state index in [1.807, 2.05) is 32.9 Å². The van der Waals surface area contributed by atoms with Gasteiger partial charge in [-0.05, 0) is 63.3 Å². The lowest BCUT2D eigenvalue weighted by molar-refractivity contribution is 0.0293. The van der Waals surface area contributed by atoms with Gasteiger partial charge >= 0.3 is 6.09 Å². The average molecular weight is 358 g/mol. The van der Waals surface area contributed by atoms with Gasteiger partial charge < -0.3 is 19.5 Å². The molecule has 1 aromatic carbocycles. The average Bonchev–Trinajstić information content (AvgIpc) is 2.49. The number of carbonyl (C=O) groups is 1. The van der Waals surface area contributed by atoms with E-state index in [2.05, 4.69) is 0 Å². The van der Waals surface area contributed by atoms with Crippen LogP contribution in [0.2, 0.25) is 5.02 Å². The molecule has 0 aliphatic rings. The Bertz CT molecular complexity index is 542. The van der Waals surface area contributed by atoms with Crippen LogP contribution in [0.15, 0.2) is 18.2 Å². The summed E-state index contributed by atoms with van der Waals surface area (Å²) in [5.41, 5.74) is 0.420. The predicted octanol–water partition coefficient (Wildman–Crippen LogP) is 4.07. The van der Waals surface area contributed by atoms with E-state index in [4.69, 9.17) is 21.1 Å². The highest BCUT2D eigenvalue weighted by atomic mass is 35.5. The van der Waals surface area contributed by atoms with Gasteiger partial charge in [-0.2, -0.15) is 0 Å². The van der Waals surface area contributed by atoms with Crippen molar-refractivity contribution in [2.75, 3.05) is 27.3 Å². The van der Waals surface area contributed by atoms with Gasteiger partial charge in [0.15, 0.2) is 0 Å². The molecule has 24 heavy (non-hydrogen) atoms. The topological polar surface area (TPSA) is 59.0 Å². The van der Waals surface area contributed by atoms with Crippen molar-refractivity contribution in [2.24, 2.45) is 0 Å². The second kappa shape index (κ2) is 9.14. The van der Waals surface area contributed by atoms with Crippen LogP contribution in [-0.2, 0) is 4.74 Å². The summed E-state index contributed by atoms with van der Waals surface area (Å²) in [6, 6.07) is 5.44. The van der Waals surface area contributed by atoms with Crippen molar-refractivity contribution in [1.29, 1.82) is 0 Å². The summed E-state index contributed by atoms with van der Waals surface area (Å²) in [6.45, 7) is 6.07. The number of rotatable bonds is 7. The number of carbonyl (C=O) groups excluding carboxylic acids is 1. The maximum absolute atomic E-state index is 12.1. The SMILES string of the molecule is COc1ccc(Cl)cc1[C@H](CCO)CCN(C)C(=O)OC(C)(C)C. The van der Waals surface area contributed by atoms with Gasteiger partial charge in [-0.25, -0.2) is 4.79 Å². The summed E-state index contributed by atoms with van der Waals surface area (Å²) in [5.74, 6) is 0.770. The molecule has 0 aliphatic carbocycles. The Hall–Kier alpha value is -1.46. The lowest BCUT2D eigenvalue weighted by atomic mass is 9.92. The number of aliphatic hydroxyl groups excluding tert-OH is 1. The van der Waals surface area contributed by atoms with E-state index in [1.54, 1.807) is 25.1 Å². The zero-order chi connectivity index (χ0) is 18.3. The molecule has 0 aromatic heterocycles. The Morgan fingerprint density at radius 1 is 1.33 bits per heavy atom. The molecule has 0 heterocycles. The van der Waals surface area contributed by atoms with Crippen molar-refractivity contribution in [3.63, 3.8) is 0 Å². The van der Waals surface area contributed by atoms with Crippen molar-refractivity contribution in [1.82, 2.24) is 4.90 Å². The number of amides is 1. The van der Waals surface area contributed by atoms with E-state index in [0.29, 0.717) is 24.4 Å². The molecule has 1 N–H and O–H groups in total. The molecule has 1 aromatic rings. The fourth-order valence-electron chi connectivity index (χ4n) is 2.42. The molecule has 1 rings (SSSR count). The van der Waals surface area contributed by atoms with Gasteiger partial charge in [-0.1, -0.05) is 11.6 Å². The molecule has 0 saturated carbocycles. The van der Waals surface area contributed by atoms with E-state index in [9.17, 15) is 9.90 Å². The van der Waals surface area contributed by atoms with E-state index >= 15 is 0 Å². The van der Waals surface area contributed by atoms with Gasteiger partial charge in [-0.15, -0.1) is 0 Å². The number of nitrogens with zero attached hydrogens (tertiary/aromatic N) is 1. The minimum atomic E-state index is -0.522. The van der Waals surface area contributed by atoms with Gasteiger partial charge in [0.2, 0.25) is 0 Å². The number of halogens is 1. The van der Waals surface area contributed by atoms with Crippen LogP contribution in [0.1, 0.15) is 45.1 Å². The highest BCUT2D eigenvalue weighted by Crippen LogP contribution is 2.33. The van der Waals surface area contributed by atoms with E-state index in [-0.39, 0.29) is 18.6 Å². The number of ether oxygens (including phenoxy) is 2. The summed E-state index contributed by atoms with van der Waals surface area (Å²) < 4.78 is 10.8. The molecule has 5 nitrogen and oxygen atoms in total. The maximum atomic E-state index is 12.1. The van der Waals surface area contributed by atoms with Gasteiger partial charge in [-0.3, -0.25) is 0 Å². The van der Waals surface area contributed by atoms with Crippen LogP contribution >= 0.6 is 11.6 Å². The minimum Gasteiger partial charge on any atom is -0.496 e. The Morgan fingerprint density at radius 3 is 2.54 bits per heavy atom. The molecule has 0 bridgehead atoms. The Morgan fingerprint density at radius 2 is 2.00 bits per heavy atom. The number of benzene rings is 1. The highest BCUT2D eigenvalue weighted by Gasteiger charge is 2.22. The molecule has 0 spiro atoms. The number of aliphatic hydroxyl groups is 1. The molecular formula is C18H28ClNO4. The van der Waals surface area contributed by atoms with Crippen molar-refractivity contribution in [2.45, 2.75) is 45.1 Å². The second-order valence-electron chi connectivity index (χ2n) is 6.79. The first-order chi connectivity index (χ1) is 11.2. The molecular weight excluding hydrogens is 330 g/mol. The quantitative estimate of drug-likeness (QED) is 0.799. The van der Waals surface area contributed by atoms with E-state index < -0.39 is 5.60 Å². The lowest BCUT2D eigenvalue weighted by Crippen LogP contribution is -2.35. The Balaban J connectivity index is 2.80. The van der Waals surface area contributed by atoms with Crippen LogP contribution in [-0.4, -0.2) is 49.0 Å². The van der Waals surface area contributed by atoms with Crippen LogP contribution in [0.4, 0.5) is 4.79 Å². The third-order valence-corrected chi connectivity index (χ3v) is 3.86. The third-order valence-electron chi connectivity index (χ3n) is 3.63. The van der Waals surface area contributed by atoms with E-state index in [1.165, 1.54) is 0 Å². The zero-order valence-electron chi connectivity index (χ0n) is 15.1. The highest BCUT2D eigenvalue weighted by molar-refractivity contribution is 6.30. The minimum absolute atomic E-state index is 0.0357. The summed E-state index contributed by atoms with van der Waals surface area (Å²) in [7, 11) is 3.31. The largest absolute Gasteiger partial charge is 0.496 e. The zero-order valence-corrected chi connectivity index (χ0v) is 15.9. The number of methoxy groups -OCH3 is 1. The maximum Gasteiger partial charge on any atom is 0.410 e. The third kappa shape index (κ3) is 6.57.